The van der Waals surface area contributed by atoms with Gasteiger partial charge in [0.05, 0.1) is 0 Å². The van der Waals surface area contributed by atoms with Crippen LogP contribution in [-0.2, 0) is 13.0 Å². The van der Waals surface area contributed by atoms with Gasteiger partial charge in [-0.25, -0.2) is 0 Å². The van der Waals surface area contributed by atoms with Crippen LogP contribution in [0, 0.1) is 5.92 Å². The fourth-order valence-electron chi connectivity index (χ4n) is 2.07. The van der Waals surface area contributed by atoms with E-state index in [1.165, 1.54) is 22.4 Å². The quantitative estimate of drug-likeness (QED) is 0.784. The summed E-state index contributed by atoms with van der Waals surface area (Å²) in [6.45, 7) is 6.45. The molecular weight excluding hydrogens is 192 g/mol. The third-order valence-electron chi connectivity index (χ3n) is 2.64. The van der Waals surface area contributed by atoms with E-state index in [0.717, 1.165) is 19.0 Å². The molecule has 78 valence electrons. The van der Waals surface area contributed by atoms with E-state index >= 15 is 0 Å². The normalized spacial score (nSPS) is 21.3. The largest absolute Gasteiger partial charge is 0.323 e. The average molecular weight is 210 g/mol. The average Bonchev–Trinajstić information content (AvgIpc) is 2.49. The molecule has 2 rings (SSSR count). The number of nitrogens with two attached hydrogens (primary N) is 1. The van der Waals surface area contributed by atoms with Crippen molar-refractivity contribution in [2.75, 3.05) is 6.54 Å². The van der Waals surface area contributed by atoms with Crippen LogP contribution in [0.1, 0.15) is 35.9 Å². The van der Waals surface area contributed by atoms with E-state index in [1.54, 1.807) is 0 Å². The van der Waals surface area contributed by atoms with E-state index in [1.807, 2.05) is 11.3 Å². The lowest BCUT2D eigenvalue weighted by atomic mass is 9.95. The maximum absolute atomic E-state index is 6.11. The van der Waals surface area contributed by atoms with Gasteiger partial charge in [-0.3, -0.25) is 0 Å². The minimum Gasteiger partial charge on any atom is -0.323 e. The monoisotopic (exact) mass is 210 g/mol. The highest BCUT2D eigenvalue weighted by molar-refractivity contribution is 7.10. The van der Waals surface area contributed by atoms with E-state index in [9.17, 15) is 0 Å². The molecule has 1 aliphatic heterocycles. The molecule has 0 saturated carbocycles. The summed E-state index contributed by atoms with van der Waals surface area (Å²) in [4.78, 5) is 1.44. The standard InChI is InChI=1S/C11H18N2S/c1-7(2)3-8-6-14-10-5-13-4-9(12)11(8)10/h6-7,9,13H,3-5,12H2,1-2H3. The fourth-order valence-corrected chi connectivity index (χ4v) is 3.17. The van der Waals surface area contributed by atoms with Crippen molar-refractivity contribution in [1.29, 1.82) is 0 Å². The smallest absolute Gasteiger partial charge is 0.0436 e. The molecule has 3 heteroatoms. The molecule has 1 aromatic rings. The first-order valence-electron chi connectivity index (χ1n) is 5.24. The minimum atomic E-state index is 0.207. The number of hydrogen-bond acceptors (Lipinski definition) is 3. The molecule has 0 bridgehead atoms. The van der Waals surface area contributed by atoms with Gasteiger partial charge in [0.2, 0.25) is 0 Å². The predicted molar refractivity (Wildman–Crippen MR) is 61.5 cm³/mol. The van der Waals surface area contributed by atoms with E-state index < -0.39 is 0 Å². The van der Waals surface area contributed by atoms with Crippen molar-refractivity contribution < 1.29 is 0 Å². The van der Waals surface area contributed by atoms with Gasteiger partial charge in [-0.1, -0.05) is 13.8 Å². The maximum atomic E-state index is 6.11. The van der Waals surface area contributed by atoms with Crippen LogP contribution in [0.4, 0.5) is 0 Å². The van der Waals surface area contributed by atoms with Crippen LogP contribution in [0.2, 0.25) is 0 Å². The number of thiophene rings is 1. The van der Waals surface area contributed by atoms with Crippen molar-refractivity contribution >= 4 is 11.3 Å². The van der Waals surface area contributed by atoms with E-state index in [-0.39, 0.29) is 6.04 Å². The molecule has 0 radical (unpaired) electrons. The van der Waals surface area contributed by atoms with Gasteiger partial charge >= 0.3 is 0 Å². The first-order chi connectivity index (χ1) is 6.68. The molecule has 14 heavy (non-hydrogen) atoms. The summed E-state index contributed by atoms with van der Waals surface area (Å²) in [5, 5.41) is 5.63. The highest BCUT2D eigenvalue weighted by Crippen LogP contribution is 2.31. The van der Waals surface area contributed by atoms with Gasteiger partial charge in [0, 0.05) is 24.0 Å². The molecule has 1 aliphatic rings. The summed E-state index contributed by atoms with van der Waals surface area (Å²) in [7, 11) is 0. The number of fused-ring (bicyclic) bond motifs is 1. The Morgan fingerprint density at radius 2 is 2.43 bits per heavy atom. The molecule has 2 heterocycles. The van der Waals surface area contributed by atoms with Crippen LogP contribution in [0.3, 0.4) is 0 Å². The van der Waals surface area contributed by atoms with Crippen molar-refractivity contribution in [3.8, 4) is 0 Å². The second kappa shape index (κ2) is 4.01. The Kier molecular flexibility index (Phi) is 2.91. The molecule has 1 aromatic heterocycles. The second-order valence-corrected chi connectivity index (χ2v) is 5.40. The molecule has 0 spiro atoms. The van der Waals surface area contributed by atoms with Gasteiger partial charge in [-0.15, -0.1) is 11.3 Å². The van der Waals surface area contributed by atoms with Gasteiger partial charge < -0.3 is 11.1 Å². The highest BCUT2D eigenvalue weighted by Gasteiger charge is 2.21. The molecule has 0 fully saturated rings. The Balaban J connectivity index is 2.29. The fraction of sp³-hybridized carbons (Fsp3) is 0.636. The third kappa shape index (κ3) is 1.85. The highest BCUT2D eigenvalue weighted by atomic mass is 32.1. The Hall–Kier alpha value is -0.380. The van der Waals surface area contributed by atoms with Crippen LogP contribution in [0.15, 0.2) is 5.38 Å². The molecule has 3 N–H and O–H groups in total. The van der Waals surface area contributed by atoms with Crippen LogP contribution in [0.25, 0.3) is 0 Å². The van der Waals surface area contributed by atoms with Crippen LogP contribution >= 0.6 is 11.3 Å². The van der Waals surface area contributed by atoms with Crippen LogP contribution < -0.4 is 11.1 Å². The van der Waals surface area contributed by atoms with Crippen molar-refractivity contribution in [3.63, 3.8) is 0 Å². The summed E-state index contributed by atoms with van der Waals surface area (Å²) in [6.07, 6.45) is 1.17. The summed E-state index contributed by atoms with van der Waals surface area (Å²) in [6, 6.07) is 0.207. The lowest BCUT2D eigenvalue weighted by Crippen LogP contribution is -2.32. The zero-order chi connectivity index (χ0) is 10.1. The Morgan fingerprint density at radius 1 is 1.64 bits per heavy atom. The topological polar surface area (TPSA) is 38.0 Å². The molecule has 2 nitrogen and oxygen atoms in total. The predicted octanol–water partition coefficient (Wildman–Crippen LogP) is 2.05. The Labute approximate surface area is 89.5 Å². The van der Waals surface area contributed by atoms with Gasteiger partial charge in [0.15, 0.2) is 0 Å². The molecule has 0 amide bonds. The van der Waals surface area contributed by atoms with Gasteiger partial charge in [0.1, 0.15) is 0 Å². The third-order valence-corrected chi connectivity index (χ3v) is 3.69. The Morgan fingerprint density at radius 3 is 3.14 bits per heavy atom. The Bertz CT molecular complexity index is 317. The zero-order valence-electron chi connectivity index (χ0n) is 8.84. The van der Waals surface area contributed by atoms with E-state index in [4.69, 9.17) is 5.73 Å². The maximum Gasteiger partial charge on any atom is 0.0436 e. The number of nitrogens with one attached hydrogen (secondary N) is 1. The van der Waals surface area contributed by atoms with E-state index in [2.05, 4.69) is 24.5 Å². The number of rotatable bonds is 2. The van der Waals surface area contributed by atoms with Crippen molar-refractivity contribution in [2.24, 2.45) is 11.7 Å². The van der Waals surface area contributed by atoms with Crippen molar-refractivity contribution in [1.82, 2.24) is 5.32 Å². The summed E-state index contributed by atoms with van der Waals surface area (Å²) < 4.78 is 0. The lowest BCUT2D eigenvalue weighted by molar-refractivity contribution is 0.551. The molecule has 1 atom stereocenters. The van der Waals surface area contributed by atoms with Gasteiger partial charge in [0.25, 0.3) is 0 Å². The molecule has 0 aromatic carbocycles. The molecule has 1 unspecified atom stereocenters. The summed E-state index contributed by atoms with van der Waals surface area (Å²) in [5.74, 6) is 0.718. The first kappa shape index (κ1) is 10.1. The lowest BCUT2D eigenvalue weighted by Gasteiger charge is -2.22. The van der Waals surface area contributed by atoms with Crippen LogP contribution in [0.5, 0.6) is 0 Å². The SMILES string of the molecule is CC(C)Cc1csc2c1C(N)CNC2. The van der Waals surface area contributed by atoms with Gasteiger partial charge in [-0.2, -0.15) is 0 Å². The first-order valence-corrected chi connectivity index (χ1v) is 6.12. The molecular formula is C11H18N2S. The summed E-state index contributed by atoms with van der Waals surface area (Å²) >= 11 is 1.86. The number of hydrogen-bond donors (Lipinski definition) is 2. The molecule has 0 saturated heterocycles. The molecule has 0 aliphatic carbocycles. The van der Waals surface area contributed by atoms with Crippen LogP contribution in [-0.4, -0.2) is 6.54 Å². The van der Waals surface area contributed by atoms with Crippen molar-refractivity contribution in [3.05, 3.63) is 21.4 Å². The van der Waals surface area contributed by atoms with E-state index in [0.29, 0.717) is 0 Å². The zero-order valence-corrected chi connectivity index (χ0v) is 9.66. The minimum absolute atomic E-state index is 0.207. The second-order valence-electron chi connectivity index (χ2n) is 4.43. The van der Waals surface area contributed by atoms with Crippen molar-refractivity contribution in [2.45, 2.75) is 32.9 Å². The summed E-state index contributed by atoms with van der Waals surface area (Å²) in [5.41, 5.74) is 9.02. The van der Waals surface area contributed by atoms with Gasteiger partial charge in [-0.05, 0) is 28.8 Å².